The highest BCUT2D eigenvalue weighted by Gasteiger charge is 2.04. The Labute approximate surface area is 68.4 Å². The highest BCUT2D eigenvalue weighted by molar-refractivity contribution is 5.80. The van der Waals surface area contributed by atoms with Crippen molar-refractivity contribution in [2.45, 2.75) is 20.3 Å². The Morgan fingerprint density at radius 3 is 3.09 bits per heavy atom. The molecule has 11 heavy (non-hydrogen) atoms. The van der Waals surface area contributed by atoms with Crippen LogP contribution >= 0.6 is 0 Å². The molecular formula is C9H16N2. The molecule has 0 aromatic heterocycles. The maximum Gasteiger partial charge on any atom is 0.0361 e. The predicted octanol–water partition coefficient (Wildman–Crippen LogP) is 1.39. The minimum absolute atomic E-state index is 0.886. The number of nitrogens with one attached hydrogen (secondary N) is 1. The van der Waals surface area contributed by atoms with Gasteiger partial charge in [-0.1, -0.05) is 5.57 Å². The summed E-state index contributed by atoms with van der Waals surface area (Å²) < 4.78 is 0. The van der Waals surface area contributed by atoms with Gasteiger partial charge in [0.1, 0.15) is 0 Å². The van der Waals surface area contributed by atoms with Gasteiger partial charge in [-0.25, -0.2) is 0 Å². The molecule has 0 aliphatic carbocycles. The maximum absolute atomic E-state index is 4.22. The van der Waals surface area contributed by atoms with E-state index in [0.717, 1.165) is 19.6 Å². The number of hydrogen-bond acceptors (Lipinski definition) is 2. The first-order valence-corrected chi connectivity index (χ1v) is 4.23. The van der Waals surface area contributed by atoms with Gasteiger partial charge in [0.25, 0.3) is 0 Å². The molecule has 2 nitrogen and oxygen atoms in total. The van der Waals surface area contributed by atoms with Crippen LogP contribution < -0.4 is 5.32 Å². The molecule has 1 N–H and O–H groups in total. The van der Waals surface area contributed by atoms with Crippen LogP contribution in [0.5, 0.6) is 0 Å². The molecule has 0 amide bonds. The lowest BCUT2D eigenvalue weighted by Crippen LogP contribution is -2.25. The highest BCUT2D eigenvalue weighted by Crippen LogP contribution is 2.09. The molecule has 1 aliphatic rings. The van der Waals surface area contributed by atoms with E-state index in [9.17, 15) is 0 Å². The van der Waals surface area contributed by atoms with Crippen LogP contribution in [-0.2, 0) is 0 Å². The average Bonchev–Trinajstić information content (AvgIpc) is 2.03. The first-order chi connectivity index (χ1) is 5.34. The number of hydrogen-bond donors (Lipinski definition) is 1. The van der Waals surface area contributed by atoms with E-state index in [1.165, 1.54) is 17.6 Å². The van der Waals surface area contributed by atoms with Gasteiger partial charge in [-0.15, -0.1) is 0 Å². The molecule has 0 aromatic rings. The molecule has 0 fully saturated rings. The molecule has 0 unspecified atom stereocenters. The van der Waals surface area contributed by atoms with Crippen LogP contribution in [0.15, 0.2) is 16.1 Å². The Hall–Kier alpha value is -0.630. The molecule has 0 bridgehead atoms. The molecule has 0 radical (unpaired) electrons. The van der Waals surface area contributed by atoms with Crippen LogP contribution in [0, 0.1) is 0 Å². The third-order valence-corrected chi connectivity index (χ3v) is 1.97. The van der Waals surface area contributed by atoms with E-state index in [1.54, 1.807) is 0 Å². The van der Waals surface area contributed by atoms with E-state index in [4.69, 9.17) is 0 Å². The molecule has 1 aliphatic heterocycles. The van der Waals surface area contributed by atoms with E-state index in [1.807, 2.05) is 6.21 Å². The minimum atomic E-state index is 0.886. The number of nitrogens with zero attached hydrogens (tertiary/aromatic N) is 1. The van der Waals surface area contributed by atoms with Crippen LogP contribution in [0.2, 0.25) is 0 Å². The van der Waals surface area contributed by atoms with Crippen molar-refractivity contribution in [2.24, 2.45) is 4.99 Å². The summed E-state index contributed by atoms with van der Waals surface area (Å²) >= 11 is 0. The molecule has 1 rings (SSSR count). The van der Waals surface area contributed by atoms with Crippen LogP contribution in [0.25, 0.3) is 0 Å². The zero-order chi connectivity index (χ0) is 8.10. The van der Waals surface area contributed by atoms with Gasteiger partial charge in [0.05, 0.1) is 0 Å². The molecule has 0 saturated heterocycles. The van der Waals surface area contributed by atoms with E-state index in [0.29, 0.717) is 0 Å². The molecule has 0 spiro atoms. The summed E-state index contributed by atoms with van der Waals surface area (Å²) in [5.74, 6) is 0. The monoisotopic (exact) mass is 152 g/mol. The van der Waals surface area contributed by atoms with Gasteiger partial charge in [0.2, 0.25) is 0 Å². The fourth-order valence-electron chi connectivity index (χ4n) is 1.17. The summed E-state index contributed by atoms with van der Waals surface area (Å²) in [6, 6.07) is 0. The van der Waals surface area contributed by atoms with Gasteiger partial charge in [-0.05, 0) is 32.4 Å². The van der Waals surface area contributed by atoms with E-state index < -0.39 is 0 Å². The van der Waals surface area contributed by atoms with Crippen LogP contribution in [0.1, 0.15) is 20.3 Å². The second-order valence-electron chi connectivity index (χ2n) is 2.86. The van der Waals surface area contributed by atoms with Crippen LogP contribution in [0.3, 0.4) is 0 Å². The second kappa shape index (κ2) is 4.29. The zero-order valence-electron chi connectivity index (χ0n) is 7.35. The summed E-state index contributed by atoms with van der Waals surface area (Å²) in [6.07, 6.45) is 3.17. The Kier molecular flexibility index (Phi) is 3.30. The van der Waals surface area contributed by atoms with Crippen LogP contribution in [-0.4, -0.2) is 25.8 Å². The average molecular weight is 152 g/mol. The topological polar surface area (TPSA) is 24.4 Å². The molecular weight excluding hydrogens is 136 g/mol. The smallest absolute Gasteiger partial charge is 0.0361 e. The summed E-state index contributed by atoms with van der Waals surface area (Å²) in [7, 11) is 0. The zero-order valence-corrected chi connectivity index (χ0v) is 7.35. The largest absolute Gasteiger partial charge is 0.312 e. The van der Waals surface area contributed by atoms with Crippen molar-refractivity contribution >= 4 is 6.21 Å². The van der Waals surface area contributed by atoms with Crippen molar-refractivity contribution in [3.63, 3.8) is 0 Å². The quantitative estimate of drug-likeness (QED) is 0.594. The Bertz CT molecular complexity index is 180. The maximum atomic E-state index is 4.22. The summed E-state index contributed by atoms with van der Waals surface area (Å²) in [6.45, 7) is 7.25. The lowest BCUT2D eigenvalue weighted by atomic mass is 10.0. The SMILES string of the molecule is CCN=CC1=C(C)CCNC1. The number of aliphatic imine (C=N–C) groups is 1. The Morgan fingerprint density at radius 2 is 2.45 bits per heavy atom. The van der Waals surface area contributed by atoms with Crippen molar-refractivity contribution in [2.75, 3.05) is 19.6 Å². The normalized spacial score (nSPS) is 19.8. The first kappa shape index (κ1) is 8.47. The summed E-state index contributed by atoms with van der Waals surface area (Å²) in [5.41, 5.74) is 2.86. The van der Waals surface area contributed by atoms with Crippen molar-refractivity contribution < 1.29 is 0 Å². The molecule has 2 heteroatoms. The molecule has 1 heterocycles. The minimum Gasteiger partial charge on any atom is -0.312 e. The summed E-state index contributed by atoms with van der Waals surface area (Å²) in [4.78, 5) is 4.22. The van der Waals surface area contributed by atoms with E-state index in [2.05, 4.69) is 24.2 Å². The fraction of sp³-hybridized carbons (Fsp3) is 0.667. The van der Waals surface area contributed by atoms with Crippen molar-refractivity contribution in [3.05, 3.63) is 11.1 Å². The third-order valence-electron chi connectivity index (χ3n) is 1.97. The Morgan fingerprint density at radius 1 is 1.64 bits per heavy atom. The van der Waals surface area contributed by atoms with Crippen molar-refractivity contribution in [3.8, 4) is 0 Å². The summed E-state index contributed by atoms with van der Waals surface area (Å²) in [5, 5.41) is 3.33. The van der Waals surface area contributed by atoms with Crippen LogP contribution in [0.4, 0.5) is 0 Å². The van der Waals surface area contributed by atoms with E-state index >= 15 is 0 Å². The molecule has 0 aromatic carbocycles. The predicted molar refractivity (Wildman–Crippen MR) is 49.2 cm³/mol. The van der Waals surface area contributed by atoms with Gasteiger partial charge < -0.3 is 5.32 Å². The van der Waals surface area contributed by atoms with Gasteiger partial charge in [0, 0.05) is 19.3 Å². The van der Waals surface area contributed by atoms with Gasteiger partial charge in [-0.3, -0.25) is 4.99 Å². The lowest BCUT2D eigenvalue weighted by molar-refractivity contribution is 0.692. The lowest BCUT2D eigenvalue weighted by Gasteiger charge is -2.15. The van der Waals surface area contributed by atoms with Gasteiger partial charge in [-0.2, -0.15) is 0 Å². The Balaban J connectivity index is 2.59. The number of rotatable bonds is 2. The first-order valence-electron chi connectivity index (χ1n) is 4.23. The molecule has 62 valence electrons. The standard InChI is InChI=1S/C9H16N2/c1-3-10-6-9-7-11-5-4-8(9)2/h6,11H,3-5,7H2,1-2H3. The highest BCUT2D eigenvalue weighted by atomic mass is 14.9. The molecule has 0 saturated carbocycles. The van der Waals surface area contributed by atoms with Gasteiger partial charge >= 0.3 is 0 Å². The fourth-order valence-corrected chi connectivity index (χ4v) is 1.17. The van der Waals surface area contributed by atoms with Crippen molar-refractivity contribution in [1.82, 2.24) is 5.32 Å². The third kappa shape index (κ3) is 2.46. The second-order valence-corrected chi connectivity index (χ2v) is 2.86. The molecule has 0 atom stereocenters. The van der Waals surface area contributed by atoms with Crippen molar-refractivity contribution in [1.29, 1.82) is 0 Å². The van der Waals surface area contributed by atoms with E-state index in [-0.39, 0.29) is 0 Å². The van der Waals surface area contributed by atoms with Gasteiger partial charge in [0.15, 0.2) is 0 Å².